The maximum Gasteiger partial charge on any atom is 0.356 e. The fourth-order valence-corrected chi connectivity index (χ4v) is 3.62. The Bertz CT molecular complexity index is 759. The first-order valence-electron chi connectivity index (χ1n) is 6.96. The monoisotopic (exact) mass is 429 g/mol. The molecule has 5 nitrogen and oxygen atoms in total. The Balaban J connectivity index is 2.40. The molecular formula is C16H17BrClN3O2S. The number of thiazole rings is 1. The highest BCUT2D eigenvalue weighted by atomic mass is 79.9. The van der Waals surface area contributed by atoms with Crippen molar-refractivity contribution in [3.05, 3.63) is 45.0 Å². The first kappa shape index (κ1) is 18.8. The number of rotatable bonds is 5. The molecular weight excluding hydrogens is 414 g/mol. The molecule has 0 radical (unpaired) electrons. The molecule has 0 aliphatic carbocycles. The average molecular weight is 431 g/mol. The predicted molar refractivity (Wildman–Crippen MR) is 102 cm³/mol. The van der Waals surface area contributed by atoms with Crippen molar-refractivity contribution in [2.24, 2.45) is 0 Å². The number of methoxy groups -OCH3 is 1. The number of benzene rings is 1. The zero-order valence-corrected chi connectivity index (χ0v) is 16.9. The third-order valence-electron chi connectivity index (χ3n) is 3.12. The van der Waals surface area contributed by atoms with Crippen molar-refractivity contribution in [2.75, 3.05) is 33.2 Å². The Morgan fingerprint density at radius 3 is 2.46 bits per heavy atom. The highest BCUT2D eigenvalue weighted by molar-refractivity contribution is 9.11. The molecule has 0 bridgehead atoms. The van der Waals surface area contributed by atoms with Crippen LogP contribution in [0.3, 0.4) is 0 Å². The van der Waals surface area contributed by atoms with Crippen LogP contribution in [0, 0.1) is 0 Å². The van der Waals surface area contributed by atoms with Gasteiger partial charge in [-0.3, -0.25) is 0 Å². The molecule has 128 valence electrons. The molecule has 0 aliphatic rings. The standard InChI is InChI=1S/C16H17BrClN3O2S/c1-20(2)9-12(15(22)23-4)21(3)16-19-13(14(17)24-16)10-5-7-11(18)8-6-10/h5-9H,1-4H3/b12-9+. The SMILES string of the molecule is COC(=O)/C(=C\N(C)C)N(C)c1nc(-c2ccc(Cl)cc2)c(Br)s1. The molecule has 1 aromatic heterocycles. The number of halogens is 2. The largest absolute Gasteiger partial charge is 0.464 e. The maximum atomic E-state index is 12.1. The lowest BCUT2D eigenvalue weighted by Crippen LogP contribution is -2.26. The Kier molecular flexibility index (Phi) is 6.26. The van der Waals surface area contributed by atoms with Gasteiger partial charge in [0.2, 0.25) is 0 Å². The van der Waals surface area contributed by atoms with E-state index in [1.807, 2.05) is 38.4 Å². The molecule has 1 aromatic carbocycles. The van der Waals surface area contributed by atoms with Crippen LogP contribution in [0.4, 0.5) is 5.13 Å². The lowest BCUT2D eigenvalue weighted by atomic mass is 10.2. The number of carbonyl (C=O) groups is 1. The molecule has 0 aliphatic heterocycles. The van der Waals surface area contributed by atoms with Gasteiger partial charge in [0.25, 0.3) is 0 Å². The number of likely N-dealkylation sites (N-methyl/N-ethyl adjacent to an activating group) is 1. The smallest absolute Gasteiger partial charge is 0.356 e. The minimum absolute atomic E-state index is 0.395. The summed E-state index contributed by atoms with van der Waals surface area (Å²) in [7, 11) is 6.82. The van der Waals surface area contributed by atoms with Gasteiger partial charge in [-0.2, -0.15) is 0 Å². The van der Waals surface area contributed by atoms with Crippen molar-refractivity contribution in [1.82, 2.24) is 9.88 Å². The van der Waals surface area contributed by atoms with Crippen LogP contribution in [0.2, 0.25) is 5.02 Å². The second-order valence-corrected chi connectivity index (χ2v) is 7.89. The van der Waals surface area contributed by atoms with Gasteiger partial charge in [-0.1, -0.05) is 35.1 Å². The Hall–Kier alpha value is -1.57. The number of esters is 1. The van der Waals surface area contributed by atoms with Gasteiger partial charge in [0.15, 0.2) is 5.13 Å². The summed E-state index contributed by atoms with van der Waals surface area (Å²) in [5, 5.41) is 1.34. The minimum Gasteiger partial charge on any atom is -0.464 e. The molecule has 0 saturated heterocycles. The molecule has 24 heavy (non-hydrogen) atoms. The van der Waals surface area contributed by atoms with Gasteiger partial charge in [-0.25, -0.2) is 9.78 Å². The number of hydrogen-bond acceptors (Lipinski definition) is 6. The van der Waals surface area contributed by atoms with Crippen LogP contribution in [0.15, 0.2) is 39.9 Å². The second-order valence-electron chi connectivity index (χ2n) is 5.15. The molecule has 1 heterocycles. The summed E-state index contributed by atoms with van der Waals surface area (Å²) in [6.45, 7) is 0. The van der Waals surface area contributed by atoms with E-state index in [2.05, 4.69) is 20.9 Å². The van der Waals surface area contributed by atoms with Gasteiger partial charge in [-0.05, 0) is 28.1 Å². The second kappa shape index (κ2) is 8.00. The fourth-order valence-electron chi connectivity index (χ4n) is 1.95. The van der Waals surface area contributed by atoms with Gasteiger partial charge >= 0.3 is 5.97 Å². The topological polar surface area (TPSA) is 45.7 Å². The molecule has 8 heteroatoms. The van der Waals surface area contributed by atoms with Crippen molar-refractivity contribution in [2.45, 2.75) is 0 Å². The van der Waals surface area contributed by atoms with Crippen molar-refractivity contribution in [3.8, 4) is 11.3 Å². The summed E-state index contributed by atoms with van der Waals surface area (Å²) < 4.78 is 5.74. The van der Waals surface area contributed by atoms with Gasteiger partial charge in [-0.15, -0.1) is 0 Å². The third kappa shape index (κ3) is 4.28. The normalized spacial score (nSPS) is 11.3. The minimum atomic E-state index is -0.425. The van der Waals surface area contributed by atoms with Crippen LogP contribution in [-0.2, 0) is 9.53 Å². The molecule has 0 amide bonds. The first-order valence-corrected chi connectivity index (χ1v) is 8.94. The highest BCUT2D eigenvalue weighted by Crippen LogP contribution is 2.38. The summed E-state index contributed by atoms with van der Waals surface area (Å²) in [5.74, 6) is -0.425. The van der Waals surface area contributed by atoms with Crippen LogP contribution in [0.25, 0.3) is 11.3 Å². The maximum absolute atomic E-state index is 12.1. The molecule has 2 rings (SSSR count). The summed E-state index contributed by atoms with van der Waals surface area (Å²) >= 11 is 10.9. The van der Waals surface area contributed by atoms with E-state index in [1.54, 1.807) is 23.0 Å². The van der Waals surface area contributed by atoms with Crippen molar-refractivity contribution in [3.63, 3.8) is 0 Å². The molecule has 0 atom stereocenters. The summed E-state index contributed by atoms with van der Waals surface area (Å²) in [5.41, 5.74) is 2.14. The zero-order chi connectivity index (χ0) is 17.9. The third-order valence-corrected chi connectivity index (χ3v) is 5.15. The Morgan fingerprint density at radius 1 is 1.29 bits per heavy atom. The van der Waals surface area contributed by atoms with E-state index in [9.17, 15) is 4.79 Å². The molecule has 0 N–H and O–H groups in total. The van der Waals surface area contributed by atoms with E-state index >= 15 is 0 Å². The van der Waals surface area contributed by atoms with Crippen molar-refractivity contribution >= 4 is 50.0 Å². The lowest BCUT2D eigenvalue weighted by molar-refractivity contribution is -0.136. The molecule has 0 fully saturated rings. The molecule has 0 spiro atoms. The van der Waals surface area contributed by atoms with E-state index in [0.717, 1.165) is 15.0 Å². The van der Waals surface area contributed by atoms with Crippen LogP contribution >= 0.6 is 38.9 Å². The van der Waals surface area contributed by atoms with Gasteiger partial charge < -0.3 is 14.5 Å². The summed E-state index contributed by atoms with van der Waals surface area (Å²) in [6, 6.07) is 7.45. The number of hydrogen-bond donors (Lipinski definition) is 0. The van der Waals surface area contributed by atoms with E-state index in [1.165, 1.54) is 18.4 Å². The van der Waals surface area contributed by atoms with E-state index < -0.39 is 5.97 Å². The quantitative estimate of drug-likeness (QED) is 0.524. The lowest BCUT2D eigenvalue weighted by Gasteiger charge is -2.19. The number of anilines is 1. The van der Waals surface area contributed by atoms with Gasteiger partial charge in [0, 0.05) is 37.9 Å². The number of aromatic nitrogens is 1. The van der Waals surface area contributed by atoms with E-state index in [0.29, 0.717) is 15.9 Å². The number of nitrogens with zero attached hydrogens (tertiary/aromatic N) is 3. The van der Waals surface area contributed by atoms with Crippen molar-refractivity contribution in [1.29, 1.82) is 0 Å². The first-order chi connectivity index (χ1) is 11.3. The summed E-state index contributed by atoms with van der Waals surface area (Å²) in [6.07, 6.45) is 1.70. The zero-order valence-electron chi connectivity index (χ0n) is 13.7. The fraction of sp³-hybridized carbons (Fsp3) is 0.250. The Morgan fingerprint density at radius 2 is 1.92 bits per heavy atom. The predicted octanol–water partition coefficient (Wildman–Crippen LogP) is 4.24. The molecule has 0 saturated carbocycles. The number of carbonyl (C=O) groups excluding carboxylic acids is 1. The average Bonchev–Trinajstić information content (AvgIpc) is 2.93. The molecule has 0 unspecified atom stereocenters. The van der Waals surface area contributed by atoms with Crippen LogP contribution in [-0.4, -0.2) is 44.1 Å². The van der Waals surface area contributed by atoms with E-state index in [4.69, 9.17) is 16.3 Å². The Labute approximate surface area is 158 Å². The van der Waals surface area contributed by atoms with Crippen LogP contribution < -0.4 is 4.90 Å². The van der Waals surface area contributed by atoms with E-state index in [-0.39, 0.29) is 0 Å². The summed E-state index contributed by atoms with van der Waals surface area (Å²) in [4.78, 5) is 20.2. The molecule has 2 aromatic rings. The van der Waals surface area contributed by atoms with Gasteiger partial charge in [0.1, 0.15) is 5.70 Å². The van der Waals surface area contributed by atoms with Crippen LogP contribution in [0.5, 0.6) is 0 Å². The highest BCUT2D eigenvalue weighted by Gasteiger charge is 2.21. The van der Waals surface area contributed by atoms with Gasteiger partial charge in [0.05, 0.1) is 16.6 Å². The number of ether oxygens (including phenoxy) is 1. The van der Waals surface area contributed by atoms with Crippen molar-refractivity contribution < 1.29 is 9.53 Å². The van der Waals surface area contributed by atoms with Crippen LogP contribution in [0.1, 0.15) is 0 Å².